The highest BCUT2D eigenvalue weighted by molar-refractivity contribution is 6.76. The molecule has 0 saturated heterocycles. The van der Waals surface area contributed by atoms with Gasteiger partial charge in [-0.25, -0.2) is 4.98 Å². The van der Waals surface area contributed by atoms with Crippen LogP contribution in [0.2, 0.25) is 30.7 Å². The number of hydrogen-bond acceptors (Lipinski definition) is 3. The highest BCUT2D eigenvalue weighted by Crippen LogP contribution is 2.30. The van der Waals surface area contributed by atoms with E-state index in [1.165, 1.54) is 0 Å². The van der Waals surface area contributed by atoms with Gasteiger partial charge in [0.25, 0.3) is 0 Å². The van der Waals surface area contributed by atoms with Crippen LogP contribution in [0.25, 0.3) is 11.0 Å². The minimum Gasteiger partial charge on any atom is -0.456 e. The lowest BCUT2D eigenvalue weighted by atomic mass is 10.3. The number of aromatic nitrogens is 2. The van der Waals surface area contributed by atoms with E-state index in [0.717, 1.165) is 29.4 Å². The van der Waals surface area contributed by atoms with Gasteiger partial charge in [-0.3, -0.25) is 0 Å². The molecule has 3 rings (SSSR count). The largest absolute Gasteiger partial charge is 0.456 e. The molecule has 0 aliphatic rings. The van der Waals surface area contributed by atoms with Gasteiger partial charge < -0.3 is 14.0 Å². The fraction of sp³-hybridized carbons (Fsp3) is 0.316. The third-order valence-electron chi connectivity index (χ3n) is 3.87. The summed E-state index contributed by atoms with van der Waals surface area (Å²) in [5.74, 6) is 1.47. The Bertz CT molecular complexity index is 858. The SMILES string of the molecule is C[Si](C)(C)CCOCn1ccc2c(Oc3cccc(Cl)c3)ccnc21. The summed E-state index contributed by atoms with van der Waals surface area (Å²) in [6.07, 6.45) is 3.73. The van der Waals surface area contributed by atoms with Gasteiger partial charge in [0.1, 0.15) is 23.9 Å². The van der Waals surface area contributed by atoms with Gasteiger partial charge in [-0.15, -0.1) is 0 Å². The van der Waals surface area contributed by atoms with Crippen LogP contribution in [-0.2, 0) is 11.5 Å². The minimum absolute atomic E-state index is 0.502. The molecule has 2 heterocycles. The molecule has 0 fully saturated rings. The molecule has 0 saturated carbocycles. The highest BCUT2D eigenvalue weighted by atomic mass is 35.5. The van der Waals surface area contributed by atoms with Crippen molar-refractivity contribution in [1.82, 2.24) is 9.55 Å². The molecule has 3 aromatic rings. The second kappa shape index (κ2) is 7.60. The van der Waals surface area contributed by atoms with Gasteiger partial charge in [0, 0.05) is 32.1 Å². The van der Waals surface area contributed by atoms with E-state index in [4.69, 9.17) is 21.1 Å². The number of nitrogens with zero attached hydrogens (tertiary/aromatic N) is 2. The van der Waals surface area contributed by atoms with Crippen molar-refractivity contribution in [3.8, 4) is 11.5 Å². The number of hydrogen-bond donors (Lipinski definition) is 0. The first-order chi connectivity index (χ1) is 11.9. The van der Waals surface area contributed by atoms with E-state index in [0.29, 0.717) is 17.5 Å². The van der Waals surface area contributed by atoms with Crippen molar-refractivity contribution in [2.24, 2.45) is 0 Å². The Kier molecular flexibility index (Phi) is 5.47. The first kappa shape index (κ1) is 18.0. The van der Waals surface area contributed by atoms with Gasteiger partial charge in [-0.05, 0) is 36.4 Å². The van der Waals surface area contributed by atoms with Crippen molar-refractivity contribution in [2.75, 3.05) is 6.61 Å². The summed E-state index contributed by atoms with van der Waals surface area (Å²) in [4.78, 5) is 4.47. The van der Waals surface area contributed by atoms with Crippen LogP contribution in [0.3, 0.4) is 0 Å². The number of fused-ring (bicyclic) bond motifs is 1. The van der Waals surface area contributed by atoms with Gasteiger partial charge >= 0.3 is 0 Å². The summed E-state index contributed by atoms with van der Waals surface area (Å²) in [5, 5.41) is 1.60. The lowest BCUT2D eigenvalue weighted by Crippen LogP contribution is -2.22. The van der Waals surface area contributed by atoms with Gasteiger partial charge in [0.15, 0.2) is 0 Å². The molecule has 2 aromatic heterocycles. The maximum atomic E-state index is 6.03. The van der Waals surface area contributed by atoms with Gasteiger partial charge in [-0.2, -0.15) is 0 Å². The van der Waals surface area contributed by atoms with Gasteiger partial charge in [-0.1, -0.05) is 37.3 Å². The Morgan fingerprint density at radius 3 is 2.76 bits per heavy atom. The lowest BCUT2D eigenvalue weighted by Gasteiger charge is -2.15. The Labute approximate surface area is 154 Å². The van der Waals surface area contributed by atoms with Crippen LogP contribution in [0.4, 0.5) is 0 Å². The molecule has 0 atom stereocenters. The number of ether oxygens (including phenoxy) is 2. The Hall–Kier alpha value is -1.82. The molecule has 0 amide bonds. The molecule has 0 unspecified atom stereocenters. The van der Waals surface area contributed by atoms with Gasteiger partial charge in [0.2, 0.25) is 0 Å². The zero-order chi connectivity index (χ0) is 17.9. The molecule has 132 valence electrons. The third kappa shape index (κ3) is 4.84. The minimum atomic E-state index is -1.07. The maximum Gasteiger partial charge on any atom is 0.145 e. The molecule has 4 nitrogen and oxygen atoms in total. The zero-order valence-electron chi connectivity index (χ0n) is 14.8. The monoisotopic (exact) mass is 374 g/mol. The number of benzene rings is 1. The van der Waals surface area contributed by atoms with Crippen LogP contribution in [0.5, 0.6) is 11.5 Å². The Morgan fingerprint density at radius 1 is 1.16 bits per heavy atom. The third-order valence-corrected chi connectivity index (χ3v) is 5.81. The van der Waals surface area contributed by atoms with E-state index >= 15 is 0 Å². The summed E-state index contributed by atoms with van der Waals surface area (Å²) in [5.41, 5.74) is 0.854. The quantitative estimate of drug-likeness (QED) is 0.387. The first-order valence-corrected chi connectivity index (χ1v) is 12.5. The molecule has 0 radical (unpaired) electrons. The van der Waals surface area contributed by atoms with Crippen LogP contribution in [-0.4, -0.2) is 24.2 Å². The van der Waals surface area contributed by atoms with Crippen LogP contribution >= 0.6 is 11.6 Å². The molecular weight excluding hydrogens is 352 g/mol. The normalized spacial score (nSPS) is 11.8. The van der Waals surface area contributed by atoms with E-state index in [1.54, 1.807) is 12.3 Å². The first-order valence-electron chi connectivity index (χ1n) is 8.37. The number of rotatable bonds is 7. The average molecular weight is 375 g/mol. The Balaban J connectivity index is 1.73. The summed E-state index contributed by atoms with van der Waals surface area (Å²) in [6.45, 7) is 8.34. The molecular formula is C19H23ClN2O2Si. The smallest absolute Gasteiger partial charge is 0.145 e. The van der Waals surface area contributed by atoms with Crippen molar-refractivity contribution >= 4 is 30.7 Å². The van der Waals surface area contributed by atoms with E-state index in [9.17, 15) is 0 Å². The predicted octanol–water partition coefficient (Wildman–Crippen LogP) is 5.79. The van der Waals surface area contributed by atoms with Crippen molar-refractivity contribution in [3.63, 3.8) is 0 Å². The molecule has 0 N–H and O–H groups in total. The molecule has 0 aliphatic carbocycles. The molecule has 25 heavy (non-hydrogen) atoms. The maximum absolute atomic E-state index is 6.03. The molecule has 0 spiro atoms. The number of halogens is 1. The van der Waals surface area contributed by atoms with Crippen LogP contribution < -0.4 is 4.74 Å². The average Bonchev–Trinajstić information content (AvgIpc) is 2.95. The van der Waals surface area contributed by atoms with E-state index < -0.39 is 8.07 Å². The second-order valence-corrected chi connectivity index (χ2v) is 13.3. The highest BCUT2D eigenvalue weighted by Gasteiger charge is 2.13. The van der Waals surface area contributed by atoms with E-state index in [1.807, 2.05) is 41.1 Å². The van der Waals surface area contributed by atoms with Crippen molar-refractivity contribution in [1.29, 1.82) is 0 Å². The van der Waals surface area contributed by atoms with Gasteiger partial charge in [0.05, 0.1) is 5.39 Å². The van der Waals surface area contributed by atoms with Crippen LogP contribution in [0, 0.1) is 0 Å². The summed E-state index contributed by atoms with van der Waals surface area (Å²) < 4.78 is 13.8. The van der Waals surface area contributed by atoms with Crippen molar-refractivity contribution < 1.29 is 9.47 Å². The summed E-state index contributed by atoms with van der Waals surface area (Å²) >= 11 is 6.03. The summed E-state index contributed by atoms with van der Waals surface area (Å²) in [7, 11) is -1.07. The fourth-order valence-corrected chi connectivity index (χ4v) is 3.39. The standard InChI is InChI=1S/C19H23ClN2O2Si/c1-25(2,3)12-11-23-14-22-10-8-17-18(7-9-21-19(17)22)24-16-6-4-5-15(20)13-16/h4-10,13H,11-12,14H2,1-3H3. The van der Waals surface area contributed by atoms with E-state index in [2.05, 4.69) is 24.6 Å². The molecule has 0 bridgehead atoms. The molecule has 1 aromatic carbocycles. The van der Waals surface area contributed by atoms with Crippen LogP contribution in [0.15, 0.2) is 48.8 Å². The predicted molar refractivity (Wildman–Crippen MR) is 105 cm³/mol. The van der Waals surface area contributed by atoms with Crippen LogP contribution in [0.1, 0.15) is 0 Å². The van der Waals surface area contributed by atoms with Crippen molar-refractivity contribution in [3.05, 3.63) is 53.8 Å². The van der Waals surface area contributed by atoms with Crippen molar-refractivity contribution in [2.45, 2.75) is 32.4 Å². The lowest BCUT2D eigenvalue weighted by molar-refractivity contribution is 0.0899. The zero-order valence-corrected chi connectivity index (χ0v) is 16.6. The fourth-order valence-electron chi connectivity index (χ4n) is 2.46. The Morgan fingerprint density at radius 2 is 2.00 bits per heavy atom. The number of pyridine rings is 1. The second-order valence-electron chi connectivity index (χ2n) is 7.24. The molecule has 6 heteroatoms. The topological polar surface area (TPSA) is 36.3 Å². The summed E-state index contributed by atoms with van der Waals surface area (Å²) in [6, 6.07) is 12.4. The van der Waals surface area contributed by atoms with E-state index in [-0.39, 0.29) is 0 Å². The molecule has 0 aliphatic heterocycles.